The van der Waals surface area contributed by atoms with E-state index in [2.05, 4.69) is 9.97 Å². The van der Waals surface area contributed by atoms with E-state index in [-0.39, 0.29) is 0 Å². The molecule has 0 unspecified atom stereocenters. The molecule has 0 radical (unpaired) electrons. The molecule has 0 aliphatic rings. The van der Waals surface area contributed by atoms with Gasteiger partial charge in [0.05, 0.1) is 17.6 Å². The highest BCUT2D eigenvalue weighted by atomic mass is 35.5. The van der Waals surface area contributed by atoms with E-state index < -0.39 is 0 Å². The Morgan fingerprint density at radius 1 is 1.50 bits per heavy atom. The minimum atomic E-state index is 0.631. The predicted octanol–water partition coefficient (Wildman–Crippen LogP) is 3.29. The number of thioether (sulfide) groups is 1. The number of alkyl halides is 1. The molecule has 0 amide bonds. The number of benzene rings is 1. The Kier molecular flexibility index (Phi) is 3.96. The standard InChI is InChI=1S/C11H13ClN2OS/c1-2-15-8-3-4-9-10(7-8)14-11(13-9)16-6-5-12/h3-4,7H,2,5-6H2,1H3,(H,13,14). The Morgan fingerprint density at radius 2 is 2.38 bits per heavy atom. The van der Waals surface area contributed by atoms with E-state index in [1.165, 1.54) is 0 Å². The fourth-order valence-electron chi connectivity index (χ4n) is 1.43. The quantitative estimate of drug-likeness (QED) is 0.659. The topological polar surface area (TPSA) is 37.9 Å². The number of fused-ring (bicyclic) bond motifs is 1. The highest BCUT2D eigenvalue weighted by Gasteiger charge is 2.04. The van der Waals surface area contributed by atoms with Crippen LogP contribution >= 0.6 is 23.4 Å². The number of halogens is 1. The molecule has 16 heavy (non-hydrogen) atoms. The van der Waals surface area contributed by atoms with Crippen molar-refractivity contribution in [3.05, 3.63) is 18.2 Å². The van der Waals surface area contributed by atoms with E-state index in [0.29, 0.717) is 12.5 Å². The summed E-state index contributed by atoms with van der Waals surface area (Å²) in [6.45, 7) is 2.65. The summed E-state index contributed by atoms with van der Waals surface area (Å²) in [4.78, 5) is 7.69. The molecule has 0 saturated heterocycles. The van der Waals surface area contributed by atoms with Crippen molar-refractivity contribution < 1.29 is 4.74 Å². The third-order valence-electron chi connectivity index (χ3n) is 2.06. The van der Waals surface area contributed by atoms with Crippen LogP contribution in [-0.4, -0.2) is 28.2 Å². The fourth-order valence-corrected chi connectivity index (χ4v) is 2.27. The summed E-state index contributed by atoms with van der Waals surface area (Å²) in [5.41, 5.74) is 1.96. The van der Waals surface area contributed by atoms with Gasteiger partial charge in [0.1, 0.15) is 5.75 Å². The second-order valence-corrected chi connectivity index (χ2v) is 4.65. The van der Waals surface area contributed by atoms with Gasteiger partial charge in [-0.3, -0.25) is 0 Å². The van der Waals surface area contributed by atoms with Crippen LogP contribution in [0.1, 0.15) is 6.92 Å². The van der Waals surface area contributed by atoms with Crippen molar-refractivity contribution in [1.29, 1.82) is 0 Å². The molecule has 0 aliphatic carbocycles. The summed E-state index contributed by atoms with van der Waals surface area (Å²) < 4.78 is 5.43. The Hall–Kier alpha value is -0.870. The van der Waals surface area contributed by atoms with Crippen LogP contribution in [0.4, 0.5) is 0 Å². The van der Waals surface area contributed by atoms with Gasteiger partial charge in [0.2, 0.25) is 0 Å². The van der Waals surface area contributed by atoms with Crippen LogP contribution < -0.4 is 4.74 Å². The number of hydrogen-bond acceptors (Lipinski definition) is 3. The molecule has 86 valence electrons. The van der Waals surface area contributed by atoms with Crippen molar-refractivity contribution in [3.63, 3.8) is 0 Å². The van der Waals surface area contributed by atoms with Crippen LogP contribution in [0.5, 0.6) is 5.75 Å². The van der Waals surface area contributed by atoms with E-state index in [0.717, 1.165) is 27.7 Å². The van der Waals surface area contributed by atoms with Crippen molar-refractivity contribution >= 4 is 34.4 Å². The zero-order valence-corrected chi connectivity index (χ0v) is 10.6. The SMILES string of the molecule is CCOc1ccc2nc(SCCCl)[nH]c2c1. The molecule has 1 aromatic carbocycles. The number of hydrogen-bond donors (Lipinski definition) is 1. The largest absolute Gasteiger partial charge is 0.494 e. The molecule has 0 saturated carbocycles. The molecule has 0 atom stereocenters. The molecule has 5 heteroatoms. The number of nitrogens with zero attached hydrogens (tertiary/aromatic N) is 1. The molecule has 1 N–H and O–H groups in total. The molecule has 1 aromatic heterocycles. The molecule has 3 nitrogen and oxygen atoms in total. The zero-order valence-electron chi connectivity index (χ0n) is 9.00. The van der Waals surface area contributed by atoms with Gasteiger partial charge in [0.25, 0.3) is 0 Å². The second-order valence-electron chi connectivity index (χ2n) is 3.19. The number of aromatic amines is 1. The van der Waals surface area contributed by atoms with Crippen LogP contribution in [0, 0.1) is 0 Å². The Labute approximate surface area is 104 Å². The van der Waals surface area contributed by atoms with Crippen LogP contribution in [0.25, 0.3) is 11.0 Å². The van der Waals surface area contributed by atoms with Crippen molar-refractivity contribution in [2.24, 2.45) is 0 Å². The molecule has 0 bridgehead atoms. The maximum absolute atomic E-state index is 5.63. The molecule has 1 heterocycles. The number of imidazole rings is 1. The van der Waals surface area contributed by atoms with E-state index in [9.17, 15) is 0 Å². The molecule has 2 rings (SSSR count). The number of aromatic nitrogens is 2. The lowest BCUT2D eigenvalue weighted by molar-refractivity contribution is 0.340. The van der Waals surface area contributed by atoms with E-state index >= 15 is 0 Å². The normalized spacial score (nSPS) is 10.9. The summed E-state index contributed by atoms with van der Waals surface area (Å²) in [6, 6.07) is 5.86. The van der Waals surface area contributed by atoms with Gasteiger partial charge in [-0.15, -0.1) is 11.6 Å². The van der Waals surface area contributed by atoms with Gasteiger partial charge in [-0.05, 0) is 19.1 Å². The average molecular weight is 257 g/mol. The summed E-state index contributed by atoms with van der Waals surface area (Å²) in [5.74, 6) is 2.36. The van der Waals surface area contributed by atoms with E-state index in [1.807, 2.05) is 25.1 Å². The maximum atomic E-state index is 5.63. The van der Waals surface area contributed by atoms with Crippen LogP contribution in [0.3, 0.4) is 0 Å². The van der Waals surface area contributed by atoms with Crippen molar-refractivity contribution in [3.8, 4) is 5.75 Å². The smallest absolute Gasteiger partial charge is 0.166 e. The van der Waals surface area contributed by atoms with Gasteiger partial charge in [0, 0.05) is 17.7 Å². The maximum Gasteiger partial charge on any atom is 0.166 e. The van der Waals surface area contributed by atoms with Crippen LogP contribution in [0.2, 0.25) is 0 Å². The second kappa shape index (κ2) is 5.46. The van der Waals surface area contributed by atoms with Gasteiger partial charge in [-0.1, -0.05) is 11.8 Å². The first-order valence-corrected chi connectivity index (χ1v) is 6.67. The Bertz CT molecular complexity index is 472. The van der Waals surface area contributed by atoms with Crippen LogP contribution in [0.15, 0.2) is 23.4 Å². The molecule has 0 spiro atoms. The van der Waals surface area contributed by atoms with E-state index in [1.54, 1.807) is 11.8 Å². The minimum absolute atomic E-state index is 0.631. The van der Waals surface area contributed by atoms with Gasteiger partial charge in [-0.2, -0.15) is 0 Å². The molecule has 0 fully saturated rings. The molecule has 2 aromatic rings. The number of H-pyrrole nitrogens is 1. The lowest BCUT2D eigenvalue weighted by Crippen LogP contribution is -1.90. The fraction of sp³-hybridized carbons (Fsp3) is 0.364. The Balaban J connectivity index is 2.23. The van der Waals surface area contributed by atoms with Crippen molar-refractivity contribution in [2.75, 3.05) is 18.2 Å². The lowest BCUT2D eigenvalue weighted by Gasteiger charge is -2.00. The number of nitrogens with one attached hydrogen (secondary N) is 1. The number of rotatable bonds is 5. The summed E-state index contributed by atoms with van der Waals surface area (Å²) in [6.07, 6.45) is 0. The third kappa shape index (κ3) is 2.62. The highest BCUT2D eigenvalue weighted by Crippen LogP contribution is 2.23. The highest BCUT2D eigenvalue weighted by molar-refractivity contribution is 7.99. The average Bonchev–Trinajstić information content (AvgIpc) is 2.68. The van der Waals surface area contributed by atoms with Crippen molar-refractivity contribution in [1.82, 2.24) is 9.97 Å². The summed E-state index contributed by atoms with van der Waals surface area (Å²) in [5, 5.41) is 0.907. The van der Waals surface area contributed by atoms with Gasteiger partial charge >= 0.3 is 0 Å². The number of ether oxygens (including phenoxy) is 1. The molecule has 0 aliphatic heterocycles. The van der Waals surface area contributed by atoms with Crippen molar-refractivity contribution in [2.45, 2.75) is 12.1 Å². The lowest BCUT2D eigenvalue weighted by atomic mass is 10.3. The first-order valence-electron chi connectivity index (χ1n) is 5.15. The van der Waals surface area contributed by atoms with E-state index in [4.69, 9.17) is 16.3 Å². The zero-order chi connectivity index (χ0) is 11.4. The minimum Gasteiger partial charge on any atom is -0.494 e. The molecular weight excluding hydrogens is 244 g/mol. The monoisotopic (exact) mass is 256 g/mol. The first kappa shape index (κ1) is 11.6. The first-order chi connectivity index (χ1) is 7.83. The summed E-state index contributed by atoms with van der Waals surface area (Å²) in [7, 11) is 0. The predicted molar refractivity (Wildman–Crippen MR) is 68.7 cm³/mol. The van der Waals surface area contributed by atoms with Gasteiger partial charge in [-0.25, -0.2) is 4.98 Å². The van der Waals surface area contributed by atoms with Gasteiger partial charge < -0.3 is 9.72 Å². The molecular formula is C11H13ClN2OS. The van der Waals surface area contributed by atoms with Crippen LogP contribution in [-0.2, 0) is 0 Å². The Morgan fingerprint density at radius 3 is 3.12 bits per heavy atom. The third-order valence-corrected chi connectivity index (χ3v) is 3.35. The van der Waals surface area contributed by atoms with Gasteiger partial charge in [0.15, 0.2) is 5.16 Å². The summed E-state index contributed by atoms with van der Waals surface area (Å²) >= 11 is 7.26.